The van der Waals surface area contributed by atoms with Gasteiger partial charge in [0.2, 0.25) is 0 Å². The van der Waals surface area contributed by atoms with E-state index in [9.17, 15) is 0 Å². The molecule has 1 heterocycles. The molecule has 0 saturated carbocycles. The Balaban J connectivity index is 1.31. The highest BCUT2D eigenvalue weighted by molar-refractivity contribution is 7.67. The molecule has 2 atom stereocenters. The van der Waals surface area contributed by atoms with E-state index in [1.165, 1.54) is 59.5 Å². The van der Waals surface area contributed by atoms with Crippen LogP contribution < -0.4 is 14.8 Å². The molecule has 1 aliphatic heterocycles. The summed E-state index contributed by atoms with van der Waals surface area (Å²) in [5, 5.41) is 15.3. The number of rotatable bonds is 7. The van der Waals surface area contributed by atoms with Crippen LogP contribution in [0.2, 0.25) is 0 Å². The van der Waals surface area contributed by atoms with Gasteiger partial charge in [-0.3, -0.25) is 4.79 Å². The normalized spacial score (nSPS) is 16.5. The molecule has 4 heteroatoms. The van der Waals surface area contributed by atoms with Crippen molar-refractivity contribution >= 4 is 83.6 Å². The van der Waals surface area contributed by atoms with Crippen LogP contribution in [-0.2, 0) is 4.79 Å². The second-order valence-corrected chi connectivity index (χ2v) is 19.8. The van der Waals surface area contributed by atoms with Crippen molar-refractivity contribution in [1.82, 2.24) is 0 Å². The lowest BCUT2D eigenvalue weighted by Crippen LogP contribution is -2.26. The van der Waals surface area contributed by atoms with Gasteiger partial charge in [-0.15, -0.1) is 0 Å². The Morgan fingerprint density at radius 2 is 0.723 bits per heavy atom. The SMILES string of the molecule is COc1ccc2ccccc2c1-c1cccc(-c2c(OC)ccc3ccccc23)c1P1C(c2c3ccccc3cc3ccccc23)CC(=O)CC1c1c2ccccc2cc2ccccc12. The summed E-state index contributed by atoms with van der Waals surface area (Å²) in [6.07, 6.45) is 0.853. The van der Waals surface area contributed by atoms with Crippen LogP contribution in [0, 0.1) is 0 Å². The predicted octanol–water partition coefficient (Wildman–Crippen LogP) is 15.9. The number of methoxy groups -OCH3 is 2. The van der Waals surface area contributed by atoms with Crippen molar-refractivity contribution in [2.24, 2.45) is 0 Å². The van der Waals surface area contributed by atoms with E-state index in [0.29, 0.717) is 12.8 Å². The number of Topliss-reactive ketones (excluding diaryl/α,β-unsaturated/α-hetero) is 1. The zero-order chi connectivity index (χ0) is 43.6. The fourth-order valence-electron chi connectivity index (χ4n) is 11.2. The molecule has 0 aliphatic carbocycles. The molecule has 0 radical (unpaired) electrons. The van der Waals surface area contributed by atoms with Crippen molar-refractivity contribution in [2.75, 3.05) is 14.2 Å². The van der Waals surface area contributed by atoms with E-state index in [1.54, 1.807) is 14.2 Å². The summed E-state index contributed by atoms with van der Waals surface area (Å²) in [4.78, 5) is 15.2. The number of hydrogen-bond donors (Lipinski definition) is 0. The van der Waals surface area contributed by atoms with Gasteiger partial charge >= 0.3 is 0 Å². The number of benzene rings is 11. The smallest absolute Gasteiger partial charge is 0.134 e. The van der Waals surface area contributed by atoms with Crippen molar-refractivity contribution in [3.8, 4) is 33.8 Å². The number of hydrogen-bond acceptors (Lipinski definition) is 3. The summed E-state index contributed by atoms with van der Waals surface area (Å²) in [5.74, 6) is 1.92. The molecule has 0 bridgehead atoms. The van der Waals surface area contributed by atoms with Crippen molar-refractivity contribution in [1.29, 1.82) is 0 Å². The summed E-state index contributed by atoms with van der Waals surface area (Å²) in [6.45, 7) is 0. The highest BCUT2D eigenvalue weighted by Crippen LogP contribution is 2.70. The topological polar surface area (TPSA) is 35.5 Å². The molecule has 0 aromatic heterocycles. The molecule has 0 spiro atoms. The van der Waals surface area contributed by atoms with E-state index < -0.39 is 7.92 Å². The summed E-state index contributed by atoms with van der Waals surface area (Å²) in [6, 6.07) is 72.6. The number of carbonyl (C=O) groups excluding carboxylic acids is 1. The van der Waals surface area contributed by atoms with Gasteiger partial charge in [0, 0.05) is 35.3 Å². The van der Waals surface area contributed by atoms with Gasteiger partial charge in [-0.05, 0) is 116 Å². The first kappa shape index (κ1) is 39.3. The molecule has 1 saturated heterocycles. The molecule has 12 rings (SSSR count). The molecule has 0 N–H and O–H groups in total. The van der Waals surface area contributed by atoms with E-state index in [-0.39, 0.29) is 17.1 Å². The first-order valence-electron chi connectivity index (χ1n) is 22.5. The molecule has 312 valence electrons. The number of carbonyl (C=O) groups is 1. The van der Waals surface area contributed by atoms with E-state index >= 15 is 4.79 Å². The quantitative estimate of drug-likeness (QED) is 0.118. The Morgan fingerprint density at radius 3 is 1.09 bits per heavy atom. The average molecular weight is 857 g/mol. The molecular weight excluding hydrogens is 812 g/mol. The Bertz CT molecular complexity index is 3360. The van der Waals surface area contributed by atoms with Crippen LogP contribution in [0.25, 0.3) is 86.9 Å². The summed E-state index contributed by atoms with van der Waals surface area (Å²) in [5.41, 5.74) is 6.55. The highest BCUT2D eigenvalue weighted by atomic mass is 31.1. The van der Waals surface area contributed by atoms with Crippen LogP contribution in [0.5, 0.6) is 11.5 Å². The molecule has 65 heavy (non-hydrogen) atoms. The molecule has 1 aliphatic rings. The number of ether oxygens (including phenoxy) is 2. The standard InChI is InChI=1S/C61H45O3P/c1-63-53-32-30-38-16-3-9-22-45(38)57(53)51-28-15-29-52(58-46-23-10-4-17-39(46)31-33-54(58)64-2)61(51)65-55(59-47-24-11-5-18-40(47)34-41-19-6-12-25-48(41)59)36-44(62)37-56(65)60-49-26-13-7-20-42(49)35-43-21-8-14-27-50(43)60/h3-35,55-56H,36-37H2,1-2H3. The van der Waals surface area contributed by atoms with Crippen LogP contribution in [-0.4, -0.2) is 20.0 Å². The van der Waals surface area contributed by atoms with Gasteiger partial charge in [0.15, 0.2) is 0 Å². The Kier molecular flexibility index (Phi) is 9.69. The van der Waals surface area contributed by atoms with Gasteiger partial charge in [-0.1, -0.05) is 184 Å². The maximum atomic E-state index is 15.2. The molecular formula is C61H45O3P. The second kappa shape index (κ2) is 16.0. The van der Waals surface area contributed by atoms with Crippen molar-refractivity contribution in [3.05, 3.63) is 211 Å². The van der Waals surface area contributed by atoms with Gasteiger partial charge < -0.3 is 9.47 Å². The molecule has 11 aromatic rings. The monoisotopic (exact) mass is 856 g/mol. The van der Waals surface area contributed by atoms with Gasteiger partial charge in [0.1, 0.15) is 17.3 Å². The fourth-order valence-corrected chi connectivity index (χ4v) is 15.1. The average Bonchev–Trinajstić information content (AvgIpc) is 3.36. The lowest BCUT2D eigenvalue weighted by molar-refractivity contribution is -0.119. The summed E-state index contributed by atoms with van der Waals surface area (Å²) in [7, 11) is 2.23. The van der Waals surface area contributed by atoms with E-state index in [0.717, 1.165) is 55.3 Å². The third-order valence-corrected chi connectivity index (χ3v) is 17.1. The van der Waals surface area contributed by atoms with Crippen LogP contribution in [0.15, 0.2) is 200 Å². The fraction of sp³-hybridized carbons (Fsp3) is 0.0984. The predicted molar refractivity (Wildman–Crippen MR) is 275 cm³/mol. The number of fused-ring (bicyclic) bond motifs is 6. The largest absolute Gasteiger partial charge is 0.496 e. The minimum absolute atomic E-state index is 0.160. The lowest BCUT2D eigenvalue weighted by Gasteiger charge is -2.42. The Hall–Kier alpha value is -7.32. The maximum absolute atomic E-state index is 15.2. The van der Waals surface area contributed by atoms with E-state index in [2.05, 4.69) is 200 Å². The minimum atomic E-state index is -1.33. The minimum Gasteiger partial charge on any atom is -0.496 e. The summed E-state index contributed by atoms with van der Waals surface area (Å²) < 4.78 is 12.8. The molecule has 0 amide bonds. The van der Waals surface area contributed by atoms with Gasteiger partial charge in [-0.2, -0.15) is 0 Å². The van der Waals surface area contributed by atoms with Crippen molar-refractivity contribution < 1.29 is 14.3 Å². The lowest BCUT2D eigenvalue weighted by atomic mass is 9.89. The zero-order valence-electron chi connectivity index (χ0n) is 36.3. The molecule has 2 unspecified atom stereocenters. The highest BCUT2D eigenvalue weighted by Gasteiger charge is 2.44. The van der Waals surface area contributed by atoms with E-state index in [4.69, 9.17) is 9.47 Å². The first-order valence-corrected chi connectivity index (χ1v) is 23.9. The second-order valence-electron chi connectivity index (χ2n) is 17.3. The first-order chi connectivity index (χ1) is 32.1. The Morgan fingerprint density at radius 1 is 0.385 bits per heavy atom. The van der Waals surface area contributed by atoms with Crippen LogP contribution in [0.3, 0.4) is 0 Å². The molecule has 11 aromatic carbocycles. The van der Waals surface area contributed by atoms with Crippen LogP contribution in [0.4, 0.5) is 0 Å². The van der Waals surface area contributed by atoms with Gasteiger partial charge in [0.25, 0.3) is 0 Å². The van der Waals surface area contributed by atoms with Crippen LogP contribution >= 0.6 is 7.92 Å². The Labute approximate surface area is 379 Å². The molecule has 1 fully saturated rings. The van der Waals surface area contributed by atoms with Crippen LogP contribution in [0.1, 0.15) is 35.3 Å². The van der Waals surface area contributed by atoms with Crippen molar-refractivity contribution in [2.45, 2.75) is 24.2 Å². The van der Waals surface area contributed by atoms with Gasteiger partial charge in [0.05, 0.1) is 14.2 Å². The van der Waals surface area contributed by atoms with Crippen molar-refractivity contribution in [3.63, 3.8) is 0 Å². The number of ketones is 1. The third kappa shape index (κ3) is 6.40. The van der Waals surface area contributed by atoms with Gasteiger partial charge in [-0.25, -0.2) is 0 Å². The van der Waals surface area contributed by atoms with E-state index in [1.807, 2.05) is 0 Å². The third-order valence-electron chi connectivity index (χ3n) is 13.9. The maximum Gasteiger partial charge on any atom is 0.134 e. The summed E-state index contributed by atoms with van der Waals surface area (Å²) >= 11 is 0. The zero-order valence-corrected chi connectivity index (χ0v) is 37.2. The molecule has 3 nitrogen and oxygen atoms in total.